The Morgan fingerprint density at radius 2 is 1.62 bits per heavy atom. The first-order chi connectivity index (χ1) is 16.6. The molecule has 34 heavy (non-hydrogen) atoms. The lowest BCUT2D eigenvalue weighted by molar-refractivity contribution is -0.128. The molecule has 3 aromatic carbocycles. The Balaban J connectivity index is 1.36. The Morgan fingerprint density at radius 3 is 2.32 bits per heavy atom. The number of amides is 1. The maximum Gasteiger partial charge on any atom is 0.220 e. The summed E-state index contributed by atoms with van der Waals surface area (Å²) in [6, 6.07) is 25.3. The highest BCUT2D eigenvalue weighted by molar-refractivity contribution is 5.78. The normalized spacial score (nSPS) is 20.1. The van der Waals surface area contributed by atoms with Crippen LogP contribution in [0, 0.1) is 11.2 Å². The van der Waals surface area contributed by atoms with Crippen molar-refractivity contribution in [2.45, 2.75) is 38.3 Å². The van der Waals surface area contributed by atoms with Gasteiger partial charge in [-0.2, -0.15) is 0 Å². The highest BCUT2D eigenvalue weighted by Crippen LogP contribution is 2.51. The van der Waals surface area contributed by atoms with Crippen LogP contribution >= 0.6 is 0 Å². The van der Waals surface area contributed by atoms with E-state index in [0.717, 1.165) is 43.6 Å². The van der Waals surface area contributed by atoms with Crippen LogP contribution < -0.4 is 10.1 Å². The zero-order valence-corrected chi connectivity index (χ0v) is 19.4. The summed E-state index contributed by atoms with van der Waals surface area (Å²) in [5, 5.41) is 3.07. The Bertz CT molecular complexity index is 1110. The molecule has 2 aliphatic heterocycles. The quantitative estimate of drug-likeness (QED) is 0.546. The number of hydrogen-bond donors (Lipinski definition) is 1. The van der Waals surface area contributed by atoms with E-state index in [0.29, 0.717) is 25.3 Å². The third-order valence-electron chi connectivity index (χ3n) is 7.44. The molecule has 1 unspecified atom stereocenters. The van der Waals surface area contributed by atoms with E-state index in [-0.39, 0.29) is 23.1 Å². The van der Waals surface area contributed by atoms with E-state index in [2.05, 4.69) is 34.5 Å². The van der Waals surface area contributed by atoms with Gasteiger partial charge in [-0.1, -0.05) is 66.7 Å². The summed E-state index contributed by atoms with van der Waals surface area (Å²) < 4.78 is 20.4. The van der Waals surface area contributed by atoms with Gasteiger partial charge in [0, 0.05) is 31.5 Å². The van der Waals surface area contributed by atoms with Crippen LogP contribution in [0.25, 0.3) is 0 Å². The van der Waals surface area contributed by atoms with Crippen molar-refractivity contribution in [3.63, 3.8) is 0 Å². The average Bonchev–Trinajstić information content (AvgIpc) is 2.86. The molecule has 1 amide bonds. The molecule has 2 saturated heterocycles. The van der Waals surface area contributed by atoms with Crippen molar-refractivity contribution in [3.05, 3.63) is 101 Å². The largest absolute Gasteiger partial charge is 0.489 e. The second-order valence-electron chi connectivity index (χ2n) is 9.61. The first-order valence-electron chi connectivity index (χ1n) is 12.1. The van der Waals surface area contributed by atoms with Crippen molar-refractivity contribution in [2.24, 2.45) is 5.41 Å². The molecule has 3 aromatic rings. The van der Waals surface area contributed by atoms with Crippen LogP contribution in [0.3, 0.4) is 0 Å². The molecule has 2 fully saturated rings. The minimum atomic E-state index is -0.307. The van der Waals surface area contributed by atoms with Gasteiger partial charge in [-0.3, -0.25) is 9.69 Å². The molecule has 5 heteroatoms. The maximum absolute atomic E-state index is 14.2. The second-order valence-corrected chi connectivity index (χ2v) is 9.61. The molecule has 0 radical (unpaired) electrons. The van der Waals surface area contributed by atoms with Crippen LogP contribution in [0.1, 0.15) is 41.9 Å². The number of piperidine rings is 2. The zero-order valence-electron chi connectivity index (χ0n) is 19.4. The van der Waals surface area contributed by atoms with Gasteiger partial charge in [-0.15, -0.1) is 0 Å². The molecule has 0 saturated carbocycles. The molecule has 2 aliphatic rings. The smallest absolute Gasteiger partial charge is 0.220 e. The topological polar surface area (TPSA) is 41.6 Å². The van der Waals surface area contributed by atoms with Gasteiger partial charge in [0.25, 0.3) is 0 Å². The summed E-state index contributed by atoms with van der Waals surface area (Å²) in [7, 11) is 0. The fraction of sp³-hybridized carbons (Fsp3) is 0.345. The summed E-state index contributed by atoms with van der Waals surface area (Å²) >= 11 is 0. The van der Waals surface area contributed by atoms with Gasteiger partial charge in [0.15, 0.2) is 0 Å². The van der Waals surface area contributed by atoms with Gasteiger partial charge in [-0.25, -0.2) is 4.39 Å². The highest BCUT2D eigenvalue weighted by atomic mass is 19.1. The van der Waals surface area contributed by atoms with Crippen LogP contribution in [0.4, 0.5) is 4.39 Å². The van der Waals surface area contributed by atoms with Crippen molar-refractivity contribution in [2.75, 3.05) is 19.6 Å². The standard InChI is InChI=1S/C29H31FN2O2/c30-24-11-12-25(27(17-24)34-21-23-9-5-2-6-10-23)26-19-31-28(33)18-29(26)13-15-32(16-14-29)20-22-7-3-1-4-8-22/h1-12,17,26H,13-16,18-21H2,(H,31,33). The predicted octanol–water partition coefficient (Wildman–Crippen LogP) is 5.29. The number of rotatable bonds is 6. The number of carbonyl (C=O) groups is 1. The molecule has 2 heterocycles. The molecule has 5 rings (SSSR count). The number of halogens is 1. The Kier molecular flexibility index (Phi) is 6.63. The van der Waals surface area contributed by atoms with Crippen molar-refractivity contribution in [1.82, 2.24) is 10.2 Å². The molecular weight excluding hydrogens is 427 g/mol. The van der Waals surface area contributed by atoms with Gasteiger partial charge < -0.3 is 10.1 Å². The number of hydrogen-bond acceptors (Lipinski definition) is 3. The SMILES string of the molecule is O=C1CC2(CCN(Cc3ccccc3)CC2)C(c2ccc(F)cc2OCc2ccccc2)CN1. The van der Waals surface area contributed by atoms with E-state index < -0.39 is 0 Å². The van der Waals surface area contributed by atoms with E-state index in [9.17, 15) is 9.18 Å². The fourth-order valence-corrected chi connectivity index (χ4v) is 5.56. The van der Waals surface area contributed by atoms with Crippen LogP contribution in [0.2, 0.25) is 0 Å². The van der Waals surface area contributed by atoms with E-state index in [1.54, 1.807) is 0 Å². The first kappa shape index (κ1) is 22.6. The molecule has 0 bridgehead atoms. The van der Waals surface area contributed by atoms with E-state index in [4.69, 9.17) is 4.74 Å². The van der Waals surface area contributed by atoms with E-state index in [1.807, 2.05) is 42.5 Å². The first-order valence-corrected chi connectivity index (χ1v) is 12.1. The van der Waals surface area contributed by atoms with Crippen molar-refractivity contribution in [3.8, 4) is 5.75 Å². The van der Waals surface area contributed by atoms with Gasteiger partial charge in [0.1, 0.15) is 18.2 Å². The molecule has 1 N–H and O–H groups in total. The lowest BCUT2D eigenvalue weighted by atomic mass is 9.62. The minimum absolute atomic E-state index is 0.0930. The summed E-state index contributed by atoms with van der Waals surface area (Å²) in [5.41, 5.74) is 3.21. The van der Waals surface area contributed by atoms with Crippen LogP contribution in [-0.2, 0) is 17.9 Å². The number of carbonyl (C=O) groups excluding carboxylic acids is 1. The van der Waals surface area contributed by atoms with E-state index >= 15 is 0 Å². The van der Waals surface area contributed by atoms with Crippen molar-refractivity contribution >= 4 is 5.91 Å². The molecule has 4 nitrogen and oxygen atoms in total. The fourth-order valence-electron chi connectivity index (χ4n) is 5.56. The lowest BCUT2D eigenvalue weighted by Crippen LogP contribution is -2.52. The average molecular weight is 459 g/mol. The lowest BCUT2D eigenvalue weighted by Gasteiger charge is -2.49. The molecular formula is C29H31FN2O2. The van der Waals surface area contributed by atoms with Crippen LogP contribution in [0.5, 0.6) is 5.75 Å². The third-order valence-corrected chi connectivity index (χ3v) is 7.44. The number of ether oxygens (including phenoxy) is 1. The molecule has 1 atom stereocenters. The van der Waals surface area contributed by atoms with Gasteiger partial charge >= 0.3 is 0 Å². The molecule has 176 valence electrons. The second kappa shape index (κ2) is 9.98. The van der Waals surface area contributed by atoms with Crippen molar-refractivity contribution in [1.29, 1.82) is 0 Å². The van der Waals surface area contributed by atoms with Gasteiger partial charge in [0.05, 0.1) is 0 Å². The highest BCUT2D eigenvalue weighted by Gasteiger charge is 2.47. The monoisotopic (exact) mass is 458 g/mol. The number of benzene rings is 3. The summed E-state index contributed by atoms with van der Waals surface area (Å²) in [6.07, 6.45) is 2.38. The van der Waals surface area contributed by atoms with Gasteiger partial charge in [0.2, 0.25) is 5.91 Å². The Hall–Kier alpha value is -3.18. The maximum atomic E-state index is 14.2. The van der Waals surface area contributed by atoms with Crippen molar-refractivity contribution < 1.29 is 13.9 Å². The van der Waals surface area contributed by atoms with E-state index in [1.165, 1.54) is 17.7 Å². The third kappa shape index (κ3) is 5.00. The summed E-state index contributed by atoms with van der Waals surface area (Å²) in [4.78, 5) is 15.0. The molecule has 0 aromatic heterocycles. The minimum Gasteiger partial charge on any atom is -0.489 e. The zero-order chi connectivity index (χ0) is 23.4. The molecule has 1 spiro atoms. The summed E-state index contributed by atoms with van der Waals surface area (Å²) in [5.74, 6) is 0.478. The summed E-state index contributed by atoms with van der Waals surface area (Å²) in [6.45, 7) is 3.76. The molecule has 0 aliphatic carbocycles. The number of nitrogens with one attached hydrogen (secondary N) is 1. The predicted molar refractivity (Wildman–Crippen MR) is 131 cm³/mol. The Labute approximate surface area is 200 Å². The van der Waals surface area contributed by atoms with Crippen LogP contribution in [0.15, 0.2) is 78.9 Å². The van der Waals surface area contributed by atoms with Crippen LogP contribution in [-0.4, -0.2) is 30.4 Å². The Morgan fingerprint density at radius 1 is 0.941 bits per heavy atom. The number of nitrogens with zero attached hydrogens (tertiary/aromatic N) is 1. The number of likely N-dealkylation sites (tertiary alicyclic amines) is 1. The van der Waals surface area contributed by atoms with Gasteiger partial charge in [-0.05, 0) is 54.1 Å².